The highest BCUT2D eigenvalue weighted by Crippen LogP contribution is 2.30. The zero-order valence-corrected chi connectivity index (χ0v) is 14.3. The number of carbonyl (C=O) groups excluding carboxylic acids is 1. The lowest BCUT2D eigenvalue weighted by Crippen LogP contribution is -2.19. The van der Waals surface area contributed by atoms with Crippen molar-refractivity contribution in [2.75, 3.05) is 5.32 Å². The predicted molar refractivity (Wildman–Crippen MR) is 87.1 cm³/mol. The van der Waals surface area contributed by atoms with Gasteiger partial charge >= 0.3 is 5.97 Å². The van der Waals surface area contributed by atoms with Gasteiger partial charge in [0.15, 0.2) is 0 Å². The lowest BCUT2D eigenvalue weighted by atomic mass is 9.84. The van der Waals surface area contributed by atoms with Crippen LogP contribution < -0.4 is 5.32 Å². The Bertz CT molecular complexity index is 514. The fraction of sp³-hybridized carbons (Fsp3) is 0.625. The maximum absolute atomic E-state index is 12.1. The number of hydrogen-bond acceptors (Lipinski definition) is 3. The van der Waals surface area contributed by atoms with Crippen molar-refractivity contribution in [1.29, 1.82) is 0 Å². The molecule has 4 nitrogen and oxygen atoms in total. The maximum Gasteiger partial charge on any atom is 0.338 e. The van der Waals surface area contributed by atoms with E-state index in [-0.39, 0.29) is 22.8 Å². The highest BCUT2D eigenvalue weighted by atomic mass is 32.1. The van der Waals surface area contributed by atoms with E-state index in [0.29, 0.717) is 11.4 Å². The third-order valence-electron chi connectivity index (χ3n) is 3.11. The van der Waals surface area contributed by atoms with Crippen LogP contribution in [0.5, 0.6) is 0 Å². The summed E-state index contributed by atoms with van der Waals surface area (Å²) < 4.78 is 0. The zero-order chi connectivity index (χ0) is 16.2. The summed E-state index contributed by atoms with van der Waals surface area (Å²) in [6.07, 6.45) is 2.13. The summed E-state index contributed by atoms with van der Waals surface area (Å²) in [7, 11) is 0. The van der Waals surface area contributed by atoms with Crippen LogP contribution in [-0.4, -0.2) is 17.0 Å². The van der Waals surface area contributed by atoms with Crippen molar-refractivity contribution in [3.63, 3.8) is 0 Å². The Kier molecular flexibility index (Phi) is 5.96. The standard InChI is InChI=1S/C16H25NO3S/c1-6-11-8-12(15(19)20)14(21-11)17-13(18)7-10(2)9-16(3,4)5/h8,10H,6-7,9H2,1-5H3,(H,17,18)(H,19,20). The molecule has 0 aliphatic rings. The van der Waals surface area contributed by atoms with Crippen LogP contribution in [0.1, 0.15) is 62.7 Å². The first-order valence-corrected chi connectivity index (χ1v) is 8.10. The number of aryl methyl sites for hydroxylation is 1. The number of thiophene rings is 1. The van der Waals surface area contributed by atoms with E-state index in [1.807, 2.05) is 6.92 Å². The van der Waals surface area contributed by atoms with E-state index in [1.165, 1.54) is 11.3 Å². The molecule has 5 heteroatoms. The molecular weight excluding hydrogens is 286 g/mol. The number of nitrogens with one attached hydrogen (secondary N) is 1. The first-order chi connectivity index (χ1) is 9.62. The van der Waals surface area contributed by atoms with Gasteiger partial charge in [0, 0.05) is 11.3 Å². The van der Waals surface area contributed by atoms with Crippen LogP contribution in [-0.2, 0) is 11.2 Å². The van der Waals surface area contributed by atoms with Crippen molar-refractivity contribution >= 4 is 28.2 Å². The van der Waals surface area contributed by atoms with E-state index < -0.39 is 5.97 Å². The summed E-state index contributed by atoms with van der Waals surface area (Å²) in [6, 6.07) is 1.64. The molecule has 1 unspecified atom stereocenters. The van der Waals surface area contributed by atoms with E-state index in [4.69, 9.17) is 0 Å². The predicted octanol–water partition coefficient (Wildman–Crippen LogP) is 4.41. The van der Waals surface area contributed by atoms with Crippen molar-refractivity contribution in [1.82, 2.24) is 0 Å². The topological polar surface area (TPSA) is 66.4 Å². The van der Waals surface area contributed by atoms with Gasteiger partial charge in [0.05, 0.1) is 5.56 Å². The molecule has 0 radical (unpaired) electrons. The van der Waals surface area contributed by atoms with Gasteiger partial charge in [-0.25, -0.2) is 4.79 Å². The van der Waals surface area contributed by atoms with E-state index in [9.17, 15) is 14.7 Å². The first kappa shape index (κ1) is 17.7. The number of anilines is 1. The minimum absolute atomic E-state index is 0.112. The summed E-state index contributed by atoms with van der Waals surface area (Å²) >= 11 is 1.34. The molecule has 1 aromatic heterocycles. The van der Waals surface area contributed by atoms with E-state index in [1.54, 1.807) is 6.07 Å². The van der Waals surface area contributed by atoms with Gasteiger partial charge in [0.1, 0.15) is 5.00 Å². The van der Waals surface area contributed by atoms with Gasteiger partial charge in [0.2, 0.25) is 5.91 Å². The highest BCUT2D eigenvalue weighted by Gasteiger charge is 2.20. The fourth-order valence-electron chi connectivity index (χ4n) is 2.48. The first-order valence-electron chi connectivity index (χ1n) is 7.28. The molecule has 0 aromatic carbocycles. The van der Waals surface area contributed by atoms with Crippen molar-refractivity contribution in [2.45, 2.75) is 53.9 Å². The number of carboxylic acid groups (broad SMARTS) is 1. The lowest BCUT2D eigenvalue weighted by molar-refractivity contribution is -0.117. The average molecular weight is 311 g/mol. The van der Waals surface area contributed by atoms with Crippen LogP contribution >= 0.6 is 11.3 Å². The minimum atomic E-state index is -0.996. The largest absolute Gasteiger partial charge is 0.478 e. The number of rotatable bonds is 6. The molecule has 0 bridgehead atoms. The number of amides is 1. The van der Waals surface area contributed by atoms with E-state index in [0.717, 1.165) is 17.7 Å². The maximum atomic E-state index is 12.1. The molecule has 1 amide bonds. The SMILES string of the molecule is CCc1cc(C(=O)O)c(NC(=O)CC(C)CC(C)(C)C)s1. The minimum Gasteiger partial charge on any atom is -0.478 e. The second-order valence-corrected chi connectivity index (χ2v) is 7.87. The summed E-state index contributed by atoms with van der Waals surface area (Å²) in [4.78, 5) is 24.2. The third kappa shape index (κ3) is 5.87. The Labute approximate surface area is 130 Å². The number of carbonyl (C=O) groups is 2. The Morgan fingerprint density at radius 1 is 1.38 bits per heavy atom. The number of aromatic carboxylic acids is 1. The Morgan fingerprint density at radius 2 is 2.00 bits per heavy atom. The molecule has 21 heavy (non-hydrogen) atoms. The van der Waals surface area contributed by atoms with Crippen LogP contribution in [0.15, 0.2) is 6.07 Å². The van der Waals surface area contributed by atoms with E-state index in [2.05, 4.69) is 33.0 Å². The second kappa shape index (κ2) is 7.07. The Morgan fingerprint density at radius 3 is 2.48 bits per heavy atom. The van der Waals surface area contributed by atoms with Crippen molar-refractivity contribution in [2.24, 2.45) is 11.3 Å². The molecule has 118 valence electrons. The van der Waals surface area contributed by atoms with Crippen LogP contribution in [0.3, 0.4) is 0 Å². The molecule has 0 aliphatic carbocycles. The molecule has 1 aromatic rings. The van der Waals surface area contributed by atoms with Crippen LogP contribution in [0.4, 0.5) is 5.00 Å². The van der Waals surface area contributed by atoms with Gasteiger partial charge < -0.3 is 10.4 Å². The molecule has 0 saturated heterocycles. The molecule has 0 fully saturated rings. The summed E-state index contributed by atoms with van der Waals surface area (Å²) in [5.41, 5.74) is 0.373. The Balaban J connectivity index is 2.70. The highest BCUT2D eigenvalue weighted by molar-refractivity contribution is 7.16. The summed E-state index contributed by atoms with van der Waals surface area (Å²) in [5, 5.41) is 12.4. The van der Waals surface area contributed by atoms with Gasteiger partial charge in [-0.2, -0.15) is 0 Å². The molecule has 1 heterocycles. The average Bonchev–Trinajstić information content (AvgIpc) is 2.69. The van der Waals surface area contributed by atoms with Gasteiger partial charge in [-0.05, 0) is 30.2 Å². The normalized spacial score (nSPS) is 13.0. The second-order valence-electron chi connectivity index (χ2n) is 6.74. The fourth-order valence-corrected chi connectivity index (χ4v) is 3.48. The third-order valence-corrected chi connectivity index (χ3v) is 4.30. The quantitative estimate of drug-likeness (QED) is 0.817. The molecule has 0 saturated carbocycles. The molecule has 0 spiro atoms. The van der Waals surface area contributed by atoms with Crippen LogP contribution in [0.2, 0.25) is 0 Å². The van der Waals surface area contributed by atoms with Gasteiger partial charge in [-0.1, -0.05) is 34.6 Å². The summed E-state index contributed by atoms with van der Waals surface area (Å²) in [5.74, 6) is -0.841. The molecule has 2 N–H and O–H groups in total. The smallest absolute Gasteiger partial charge is 0.338 e. The Hall–Kier alpha value is -1.36. The lowest BCUT2D eigenvalue weighted by Gasteiger charge is -2.22. The molecule has 1 rings (SSSR count). The van der Waals surface area contributed by atoms with Gasteiger partial charge in [0.25, 0.3) is 0 Å². The van der Waals surface area contributed by atoms with Crippen LogP contribution in [0, 0.1) is 11.3 Å². The molecule has 1 atom stereocenters. The van der Waals surface area contributed by atoms with E-state index >= 15 is 0 Å². The van der Waals surface area contributed by atoms with Crippen molar-refractivity contribution in [3.05, 3.63) is 16.5 Å². The van der Waals surface area contributed by atoms with Crippen molar-refractivity contribution < 1.29 is 14.7 Å². The van der Waals surface area contributed by atoms with Gasteiger partial charge in [-0.15, -0.1) is 11.3 Å². The zero-order valence-electron chi connectivity index (χ0n) is 13.4. The van der Waals surface area contributed by atoms with Gasteiger partial charge in [-0.3, -0.25) is 4.79 Å². The molecular formula is C16H25NO3S. The van der Waals surface area contributed by atoms with Crippen LogP contribution in [0.25, 0.3) is 0 Å². The molecule has 0 aliphatic heterocycles. The number of carboxylic acids is 1. The number of hydrogen-bond donors (Lipinski definition) is 2. The monoisotopic (exact) mass is 311 g/mol. The summed E-state index contributed by atoms with van der Waals surface area (Å²) in [6.45, 7) is 10.5. The van der Waals surface area contributed by atoms with Crippen molar-refractivity contribution in [3.8, 4) is 0 Å².